The first-order valence-corrected chi connectivity index (χ1v) is 9.30. The normalized spacial score (nSPS) is 15.9. The van der Waals surface area contributed by atoms with E-state index in [1.54, 1.807) is 7.11 Å². The highest BCUT2D eigenvalue weighted by Gasteiger charge is 2.24. The largest absolute Gasteiger partial charge is 0.497 e. The van der Waals surface area contributed by atoms with Gasteiger partial charge in [-0.3, -0.25) is 9.88 Å². The molecule has 1 N–H and O–H groups in total. The Bertz CT molecular complexity index is 945. The first-order chi connectivity index (χ1) is 13.1. The van der Waals surface area contributed by atoms with Crippen LogP contribution in [0.2, 0.25) is 0 Å². The van der Waals surface area contributed by atoms with Crippen LogP contribution in [0, 0.1) is 0 Å². The molecule has 0 atom stereocenters. The number of aromatic amines is 1. The van der Waals surface area contributed by atoms with Gasteiger partial charge in [0.1, 0.15) is 11.6 Å². The van der Waals surface area contributed by atoms with E-state index in [1.807, 2.05) is 24.3 Å². The maximum absolute atomic E-state index is 12.4. The van der Waals surface area contributed by atoms with Crippen molar-refractivity contribution in [3.05, 3.63) is 64.6 Å². The Hall–Kier alpha value is -2.80. The maximum atomic E-state index is 12.4. The summed E-state index contributed by atoms with van der Waals surface area (Å²) in [6.07, 6.45) is 4.08. The number of hydrogen-bond donors (Lipinski definition) is 1. The molecule has 0 unspecified atom stereocenters. The predicted octanol–water partition coefficient (Wildman–Crippen LogP) is 2.29. The van der Waals surface area contributed by atoms with E-state index in [4.69, 9.17) is 4.74 Å². The number of methoxy groups -OCH3 is 1. The molecule has 0 radical (unpaired) electrons. The molecule has 2 aromatic heterocycles. The number of nitrogens with zero attached hydrogens (tertiary/aromatic N) is 4. The van der Waals surface area contributed by atoms with E-state index in [9.17, 15) is 4.79 Å². The van der Waals surface area contributed by atoms with Gasteiger partial charge >= 0.3 is 5.69 Å². The highest BCUT2D eigenvalue weighted by Crippen LogP contribution is 2.26. The van der Waals surface area contributed by atoms with Crippen LogP contribution in [-0.4, -0.2) is 44.4 Å². The van der Waals surface area contributed by atoms with Crippen molar-refractivity contribution in [1.82, 2.24) is 24.2 Å². The van der Waals surface area contributed by atoms with Gasteiger partial charge in [0.2, 0.25) is 0 Å². The Balaban J connectivity index is 1.43. The smallest absolute Gasteiger partial charge is 0.348 e. The summed E-state index contributed by atoms with van der Waals surface area (Å²) < 4.78 is 8.77. The number of aromatic nitrogens is 4. The van der Waals surface area contributed by atoms with Gasteiger partial charge in [-0.2, -0.15) is 4.68 Å². The molecule has 7 nitrogen and oxygen atoms in total. The number of piperidine rings is 1. The molecule has 0 spiro atoms. The molecule has 27 heavy (non-hydrogen) atoms. The Morgan fingerprint density at radius 1 is 1.19 bits per heavy atom. The minimum absolute atomic E-state index is 0.193. The van der Waals surface area contributed by atoms with Gasteiger partial charge in [0.25, 0.3) is 0 Å². The third-order valence-corrected chi connectivity index (χ3v) is 5.36. The summed E-state index contributed by atoms with van der Waals surface area (Å²) in [7, 11) is 3.70. The summed E-state index contributed by atoms with van der Waals surface area (Å²) in [6, 6.07) is 11.6. The van der Waals surface area contributed by atoms with Crippen molar-refractivity contribution in [3.8, 4) is 11.4 Å². The summed E-state index contributed by atoms with van der Waals surface area (Å²) in [5.74, 6) is 1.84. The van der Waals surface area contributed by atoms with Crippen LogP contribution in [-0.2, 0) is 13.6 Å². The second-order valence-electron chi connectivity index (χ2n) is 7.09. The van der Waals surface area contributed by atoms with Crippen molar-refractivity contribution >= 4 is 0 Å². The number of hydrogen-bond acceptors (Lipinski definition) is 4. The number of likely N-dealkylation sites (tertiary alicyclic amines) is 1. The molecule has 1 aliphatic heterocycles. The van der Waals surface area contributed by atoms with E-state index in [2.05, 4.69) is 44.9 Å². The van der Waals surface area contributed by atoms with Crippen LogP contribution in [0.5, 0.6) is 5.75 Å². The van der Waals surface area contributed by atoms with E-state index >= 15 is 0 Å². The van der Waals surface area contributed by atoms with Crippen LogP contribution in [0.1, 0.15) is 30.3 Å². The Labute approximate surface area is 158 Å². The maximum Gasteiger partial charge on any atom is 0.348 e. The molecule has 7 heteroatoms. The van der Waals surface area contributed by atoms with Crippen molar-refractivity contribution in [2.24, 2.45) is 7.05 Å². The monoisotopic (exact) mass is 367 g/mol. The van der Waals surface area contributed by atoms with Crippen molar-refractivity contribution in [2.45, 2.75) is 25.3 Å². The molecule has 0 bridgehead atoms. The third-order valence-electron chi connectivity index (χ3n) is 5.36. The lowest BCUT2D eigenvalue weighted by Crippen LogP contribution is -2.33. The van der Waals surface area contributed by atoms with Gasteiger partial charge in [0.05, 0.1) is 12.8 Å². The van der Waals surface area contributed by atoms with Crippen LogP contribution in [0.25, 0.3) is 5.69 Å². The van der Waals surface area contributed by atoms with Gasteiger partial charge in [-0.25, -0.2) is 4.79 Å². The zero-order valence-corrected chi connectivity index (χ0v) is 15.8. The number of H-pyrrole nitrogens is 1. The zero-order chi connectivity index (χ0) is 18.8. The van der Waals surface area contributed by atoms with Gasteiger partial charge < -0.3 is 9.30 Å². The van der Waals surface area contributed by atoms with Gasteiger partial charge in [-0.15, -0.1) is 5.10 Å². The number of benzene rings is 1. The molecule has 1 aliphatic rings. The van der Waals surface area contributed by atoms with Crippen LogP contribution < -0.4 is 10.4 Å². The average molecular weight is 367 g/mol. The van der Waals surface area contributed by atoms with Crippen LogP contribution >= 0.6 is 0 Å². The van der Waals surface area contributed by atoms with Gasteiger partial charge in [0, 0.05) is 31.4 Å². The van der Waals surface area contributed by atoms with Crippen LogP contribution in [0.4, 0.5) is 0 Å². The van der Waals surface area contributed by atoms with Crippen LogP contribution in [0.3, 0.4) is 0 Å². The van der Waals surface area contributed by atoms with Gasteiger partial charge in [-0.05, 0) is 62.3 Å². The summed E-state index contributed by atoms with van der Waals surface area (Å²) in [4.78, 5) is 17.8. The number of aryl methyl sites for hydroxylation is 1. The summed E-state index contributed by atoms with van der Waals surface area (Å²) >= 11 is 0. The van der Waals surface area contributed by atoms with E-state index in [0.29, 0.717) is 5.92 Å². The molecular formula is C20H25N5O2. The highest BCUT2D eigenvalue weighted by atomic mass is 16.5. The SMILES string of the molecule is COc1ccc(-n2nc(C3CCN(Cc4cccn4C)CC3)[nH]c2=O)cc1. The van der Waals surface area contributed by atoms with Crippen molar-refractivity contribution in [1.29, 1.82) is 0 Å². The van der Waals surface area contributed by atoms with Gasteiger partial charge in [-0.1, -0.05) is 0 Å². The summed E-state index contributed by atoms with van der Waals surface area (Å²) in [5.41, 5.74) is 1.87. The molecule has 4 rings (SSSR count). The second kappa shape index (κ2) is 7.44. The second-order valence-corrected chi connectivity index (χ2v) is 7.09. The zero-order valence-electron chi connectivity index (χ0n) is 15.8. The summed E-state index contributed by atoms with van der Waals surface area (Å²) in [5, 5.41) is 4.56. The fourth-order valence-corrected chi connectivity index (χ4v) is 3.68. The Morgan fingerprint density at radius 3 is 2.56 bits per heavy atom. The fraction of sp³-hybridized carbons (Fsp3) is 0.400. The Kier molecular flexibility index (Phi) is 4.85. The predicted molar refractivity (Wildman–Crippen MR) is 103 cm³/mol. The highest BCUT2D eigenvalue weighted by molar-refractivity contribution is 5.36. The Morgan fingerprint density at radius 2 is 1.93 bits per heavy atom. The lowest BCUT2D eigenvalue weighted by atomic mass is 9.96. The van der Waals surface area contributed by atoms with E-state index in [-0.39, 0.29) is 5.69 Å². The molecule has 0 saturated carbocycles. The first kappa shape index (κ1) is 17.6. The standard InChI is InChI=1S/C20H25N5O2/c1-23-11-3-4-17(23)14-24-12-9-15(10-13-24)19-21-20(26)25(22-19)16-5-7-18(27-2)8-6-16/h3-8,11,15H,9-10,12-14H2,1-2H3,(H,21,22,26). The van der Waals surface area contributed by atoms with E-state index in [1.165, 1.54) is 10.4 Å². The summed E-state index contributed by atoms with van der Waals surface area (Å²) in [6.45, 7) is 2.98. The van der Waals surface area contributed by atoms with Crippen molar-refractivity contribution in [2.75, 3.05) is 20.2 Å². The molecule has 0 amide bonds. The first-order valence-electron chi connectivity index (χ1n) is 9.30. The lowest BCUT2D eigenvalue weighted by molar-refractivity contribution is 0.198. The van der Waals surface area contributed by atoms with E-state index < -0.39 is 0 Å². The minimum atomic E-state index is -0.193. The topological polar surface area (TPSA) is 68.1 Å². The number of ether oxygens (including phenoxy) is 1. The quantitative estimate of drug-likeness (QED) is 0.751. The molecule has 3 heterocycles. The third kappa shape index (κ3) is 3.68. The van der Waals surface area contributed by atoms with Gasteiger partial charge in [0.15, 0.2) is 0 Å². The molecule has 1 fully saturated rings. The lowest BCUT2D eigenvalue weighted by Gasteiger charge is -2.30. The minimum Gasteiger partial charge on any atom is -0.497 e. The fourth-order valence-electron chi connectivity index (χ4n) is 3.68. The molecule has 1 saturated heterocycles. The average Bonchev–Trinajstić information content (AvgIpc) is 3.28. The molecule has 3 aromatic rings. The van der Waals surface area contributed by atoms with Crippen molar-refractivity contribution < 1.29 is 4.74 Å². The molecular weight excluding hydrogens is 342 g/mol. The number of nitrogens with one attached hydrogen (secondary N) is 1. The number of rotatable bonds is 5. The van der Waals surface area contributed by atoms with Crippen LogP contribution in [0.15, 0.2) is 47.4 Å². The molecule has 142 valence electrons. The molecule has 0 aliphatic carbocycles. The van der Waals surface area contributed by atoms with E-state index in [0.717, 1.165) is 49.7 Å². The molecule has 1 aromatic carbocycles. The van der Waals surface area contributed by atoms with Crippen molar-refractivity contribution in [3.63, 3.8) is 0 Å².